The van der Waals surface area contributed by atoms with E-state index in [1.54, 1.807) is 6.20 Å². The van der Waals surface area contributed by atoms with E-state index in [-0.39, 0.29) is 45.8 Å². The zero-order chi connectivity index (χ0) is 28.2. The molecule has 3 saturated carbocycles. The number of allylic oxidation sites excluding steroid dienone is 2. The van der Waals surface area contributed by atoms with Crippen molar-refractivity contribution >= 4 is 17.8 Å². The number of carbonyl (C=O) groups is 2. The maximum Gasteiger partial charge on any atom is 0.312 e. The minimum Gasteiger partial charge on any atom is -0.469 e. The summed E-state index contributed by atoms with van der Waals surface area (Å²) >= 11 is 0. The van der Waals surface area contributed by atoms with E-state index in [2.05, 4.69) is 44.8 Å². The molecule has 6 rings (SSSR count). The molecule has 1 aromatic heterocycles. The lowest BCUT2D eigenvalue weighted by atomic mass is 9.34. The largest absolute Gasteiger partial charge is 0.469 e. The number of aromatic nitrogens is 1. The molecule has 0 bridgehead atoms. The van der Waals surface area contributed by atoms with Crippen molar-refractivity contribution in [3.63, 3.8) is 0 Å². The molecule has 0 unspecified atom stereocenters. The van der Waals surface area contributed by atoms with Crippen molar-refractivity contribution in [2.24, 2.45) is 49.8 Å². The fourth-order valence-electron chi connectivity index (χ4n) is 10.7. The molecular formula is C32H42N2O5. The maximum absolute atomic E-state index is 14.5. The summed E-state index contributed by atoms with van der Waals surface area (Å²) < 4.78 is 11.1. The van der Waals surface area contributed by atoms with Crippen LogP contribution in [0.5, 0.6) is 0 Å². The number of fused-ring (bicyclic) bond motifs is 8. The molecule has 0 radical (unpaired) electrons. The third-order valence-corrected chi connectivity index (χ3v) is 12.9. The average Bonchev–Trinajstić information content (AvgIpc) is 3.34. The Morgan fingerprint density at radius 1 is 1.10 bits per heavy atom. The summed E-state index contributed by atoms with van der Waals surface area (Å²) in [4.78, 5) is 43.9. The predicted octanol–water partition coefficient (Wildman–Crippen LogP) is 6.12. The molecule has 5 aliphatic carbocycles. The third-order valence-electron chi connectivity index (χ3n) is 12.9. The quantitative estimate of drug-likeness (QED) is 0.258. The lowest BCUT2D eigenvalue weighted by molar-refractivity contribution is -0.191. The molecule has 210 valence electrons. The lowest BCUT2D eigenvalue weighted by Crippen LogP contribution is -2.66. The van der Waals surface area contributed by atoms with Gasteiger partial charge in [-0.3, -0.25) is 9.59 Å². The van der Waals surface area contributed by atoms with Gasteiger partial charge in [0, 0.05) is 17.4 Å². The Morgan fingerprint density at radius 2 is 1.82 bits per heavy atom. The first kappa shape index (κ1) is 26.7. The molecule has 0 spiro atoms. The molecule has 1 aromatic rings. The topological polar surface area (TPSA) is 98.8 Å². The monoisotopic (exact) mass is 534 g/mol. The molecule has 7 heteroatoms. The Hall–Kier alpha value is -2.53. The van der Waals surface area contributed by atoms with E-state index < -0.39 is 16.4 Å². The highest BCUT2D eigenvalue weighted by Gasteiger charge is 2.71. The van der Waals surface area contributed by atoms with Crippen molar-refractivity contribution in [3.8, 4) is 0 Å². The normalized spacial score (nSPS) is 45.8. The number of rotatable bonds is 2. The first-order valence-electron chi connectivity index (χ1n) is 14.6. The number of carbonyl (C=O) groups excluding carboxylic acids is 3. The molecule has 0 aliphatic heterocycles. The van der Waals surface area contributed by atoms with E-state index in [0.29, 0.717) is 12.2 Å². The Balaban J connectivity index is 1.52. The number of ether oxygens (including phenoxy) is 1. The van der Waals surface area contributed by atoms with Crippen LogP contribution in [0.15, 0.2) is 27.4 Å². The van der Waals surface area contributed by atoms with E-state index in [1.807, 2.05) is 19.1 Å². The van der Waals surface area contributed by atoms with Gasteiger partial charge in [-0.15, -0.1) is 0 Å². The average molecular weight is 535 g/mol. The molecule has 5 aliphatic rings. The van der Waals surface area contributed by atoms with Crippen molar-refractivity contribution < 1.29 is 23.6 Å². The van der Waals surface area contributed by atoms with E-state index >= 15 is 0 Å². The summed E-state index contributed by atoms with van der Waals surface area (Å²) in [5.41, 5.74) is -0.212. The first-order chi connectivity index (χ1) is 18.2. The molecule has 3 fully saturated rings. The summed E-state index contributed by atoms with van der Waals surface area (Å²) in [6, 6.07) is 0. The third kappa shape index (κ3) is 3.14. The van der Waals surface area contributed by atoms with Crippen LogP contribution in [-0.4, -0.2) is 30.1 Å². The SMILES string of the molecule is COC(=O)[C@]12CCC(C)(C)C[C@H]1[C@H]1C(=O)C=C3[C@@]4(C)Cc5cnoc5[C@@](C)(N=C=O)[C@@H]4CC[C@@]3(C)[C@]1(C)CC2. The number of hydrogen-bond donors (Lipinski definition) is 0. The molecule has 8 atom stereocenters. The summed E-state index contributed by atoms with van der Waals surface area (Å²) in [7, 11) is 1.49. The van der Waals surface area contributed by atoms with Crippen molar-refractivity contribution in [2.75, 3.05) is 7.11 Å². The zero-order valence-electron chi connectivity index (χ0n) is 24.5. The van der Waals surface area contributed by atoms with Gasteiger partial charge in [-0.05, 0) is 91.9 Å². The minimum absolute atomic E-state index is 0.0226. The van der Waals surface area contributed by atoms with Crippen molar-refractivity contribution in [1.82, 2.24) is 5.16 Å². The van der Waals surface area contributed by atoms with Crippen LogP contribution in [0.4, 0.5) is 0 Å². The molecule has 0 N–H and O–H groups in total. The van der Waals surface area contributed by atoms with E-state index in [0.717, 1.165) is 50.5 Å². The molecule has 39 heavy (non-hydrogen) atoms. The van der Waals surface area contributed by atoms with Gasteiger partial charge in [0.15, 0.2) is 11.5 Å². The number of methoxy groups -OCH3 is 1. The summed E-state index contributed by atoms with van der Waals surface area (Å²) in [5.74, 6) is 0.371. The smallest absolute Gasteiger partial charge is 0.312 e. The second-order valence-electron chi connectivity index (χ2n) is 15.0. The van der Waals surface area contributed by atoms with Crippen LogP contribution in [0.1, 0.15) is 97.8 Å². The fraction of sp³-hybridized carbons (Fsp3) is 0.750. The van der Waals surface area contributed by atoms with Gasteiger partial charge in [0.1, 0.15) is 5.54 Å². The number of ketones is 1. The highest BCUT2D eigenvalue weighted by Crippen LogP contribution is 2.75. The molecule has 0 amide bonds. The van der Waals surface area contributed by atoms with Crippen LogP contribution >= 0.6 is 0 Å². The summed E-state index contributed by atoms with van der Waals surface area (Å²) in [6.45, 7) is 13.4. The van der Waals surface area contributed by atoms with Gasteiger partial charge in [-0.25, -0.2) is 4.79 Å². The van der Waals surface area contributed by atoms with Crippen LogP contribution in [0.2, 0.25) is 0 Å². The lowest BCUT2D eigenvalue weighted by Gasteiger charge is -2.69. The van der Waals surface area contributed by atoms with Crippen molar-refractivity contribution in [3.05, 3.63) is 29.2 Å². The van der Waals surface area contributed by atoms with Gasteiger partial charge in [-0.2, -0.15) is 4.99 Å². The Kier molecular flexibility index (Phi) is 5.49. The second-order valence-corrected chi connectivity index (χ2v) is 15.0. The van der Waals surface area contributed by atoms with Gasteiger partial charge in [0.25, 0.3) is 0 Å². The predicted molar refractivity (Wildman–Crippen MR) is 144 cm³/mol. The molecular weight excluding hydrogens is 492 g/mol. The van der Waals surface area contributed by atoms with Crippen LogP contribution < -0.4 is 0 Å². The van der Waals surface area contributed by atoms with Crippen molar-refractivity contribution in [1.29, 1.82) is 0 Å². The van der Waals surface area contributed by atoms with Crippen molar-refractivity contribution in [2.45, 2.75) is 98.4 Å². The fourth-order valence-corrected chi connectivity index (χ4v) is 10.7. The minimum atomic E-state index is -0.885. The number of nitrogens with zero attached hydrogens (tertiary/aromatic N) is 2. The number of isocyanates is 1. The van der Waals surface area contributed by atoms with Crippen LogP contribution in [-0.2, 0) is 31.1 Å². The van der Waals surface area contributed by atoms with Gasteiger partial charge in [-0.1, -0.05) is 45.3 Å². The highest BCUT2D eigenvalue weighted by molar-refractivity contribution is 5.96. The second kappa shape index (κ2) is 8.02. The summed E-state index contributed by atoms with van der Waals surface area (Å²) in [6.07, 6.45) is 12.1. The van der Waals surface area contributed by atoms with Gasteiger partial charge < -0.3 is 9.26 Å². The number of hydrogen-bond acceptors (Lipinski definition) is 7. The van der Waals surface area contributed by atoms with Crippen LogP contribution in [0.25, 0.3) is 0 Å². The first-order valence-corrected chi connectivity index (χ1v) is 14.6. The van der Waals surface area contributed by atoms with E-state index in [4.69, 9.17) is 9.26 Å². The number of esters is 1. The zero-order valence-corrected chi connectivity index (χ0v) is 24.5. The molecule has 1 heterocycles. The Bertz CT molecular complexity index is 1340. The Labute approximate surface area is 231 Å². The van der Waals surface area contributed by atoms with Gasteiger partial charge in [0.05, 0.1) is 18.7 Å². The van der Waals surface area contributed by atoms with E-state index in [1.165, 1.54) is 12.7 Å². The maximum atomic E-state index is 14.5. The summed E-state index contributed by atoms with van der Waals surface area (Å²) in [5, 5.41) is 4.08. The molecule has 7 nitrogen and oxygen atoms in total. The van der Waals surface area contributed by atoms with E-state index in [9.17, 15) is 14.4 Å². The van der Waals surface area contributed by atoms with Gasteiger partial charge >= 0.3 is 5.97 Å². The van der Waals surface area contributed by atoms with Crippen LogP contribution in [0, 0.1) is 44.8 Å². The van der Waals surface area contributed by atoms with Gasteiger partial charge in [0.2, 0.25) is 6.08 Å². The molecule has 0 aromatic carbocycles. The van der Waals surface area contributed by atoms with Crippen LogP contribution in [0.3, 0.4) is 0 Å². The standard InChI is InChI=1S/C32H42N2O5/c1-27(2)10-12-32(26(37)38-7)13-11-30(5)24(20(32)16-27)21(36)14-23-28(3)15-19-17-34-39-25(19)31(6,33-18-35)22(28)8-9-29(23,30)4/h14,17,20,22,24H,8-13,15-16H2,1-7H3/t20-,22+,24-,28-,29+,30+,31-,32-/m0/s1. The Morgan fingerprint density at radius 3 is 2.51 bits per heavy atom. The highest BCUT2D eigenvalue weighted by atomic mass is 16.5. The number of aliphatic imine (C=N–C) groups is 1. The molecule has 0 saturated heterocycles.